The van der Waals surface area contributed by atoms with Gasteiger partial charge in [0.15, 0.2) is 0 Å². The van der Waals surface area contributed by atoms with Crippen LogP contribution in [0.2, 0.25) is 0 Å². The maximum Gasteiger partial charge on any atom is 0.310 e. The highest BCUT2D eigenvalue weighted by Crippen LogP contribution is 2.13. The smallest absolute Gasteiger partial charge is 0.310 e. The summed E-state index contributed by atoms with van der Waals surface area (Å²) in [5.41, 5.74) is 1.26. The minimum absolute atomic E-state index is 0.191. The number of rotatable bonds is 8. The molecule has 0 unspecified atom stereocenters. The summed E-state index contributed by atoms with van der Waals surface area (Å²) in [6.07, 6.45) is 3.87. The second-order valence-electron chi connectivity index (χ2n) is 4.33. The Hall–Kier alpha value is -1.35. The summed E-state index contributed by atoms with van der Waals surface area (Å²) < 4.78 is 5.12. The Labute approximate surface area is 110 Å². The first kappa shape index (κ1) is 14.7. The van der Waals surface area contributed by atoms with E-state index in [1.807, 2.05) is 24.3 Å². The molecule has 0 spiro atoms. The Morgan fingerprint density at radius 2 is 1.89 bits per heavy atom. The third-order valence-electron chi connectivity index (χ3n) is 2.74. The number of esters is 1. The van der Waals surface area contributed by atoms with Crippen molar-refractivity contribution in [2.45, 2.75) is 39.5 Å². The Kier molecular flexibility index (Phi) is 7.11. The first-order valence-corrected chi connectivity index (χ1v) is 6.76. The SMILES string of the molecule is CCCCNCCc1ccc(OC(=O)CC)cc1. The molecule has 0 radical (unpaired) electrons. The molecule has 0 fully saturated rings. The van der Waals surface area contributed by atoms with E-state index >= 15 is 0 Å². The van der Waals surface area contributed by atoms with Gasteiger partial charge in [-0.1, -0.05) is 32.4 Å². The van der Waals surface area contributed by atoms with E-state index in [2.05, 4.69) is 12.2 Å². The second kappa shape index (κ2) is 8.70. The van der Waals surface area contributed by atoms with Gasteiger partial charge in [0, 0.05) is 6.42 Å². The molecule has 0 amide bonds. The summed E-state index contributed by atoms with van der Waals surface area (Å²) in [4.78, 5) is 11.1. The van der Waals surface area contributed by atoms with Crippen LogP contribution in [-0.4, -0.2) is 19.1 Å². The van der Waals surface area contributed by atoms with Crippen molar-refractivity contribution in [3.63, 3.8) is 0 Å². The molecule has 0 bridgehead atoms. The van der Waals surface area contributed by atoms with E-state index in [9.17, 15) is 4.79 Å². The number of hydrogen-bond acceptors (Lipinski definition) is 3. The van der Waals surface area contributed by atoms with Crippen molar-refractivity contribution in [3.05, 3.63) is 29.8 Å². The van der Waals surface area contributed by atoms with Crippen LogP contribution < -0.4 is 10.1 Å². The average molecular weight is 249 g/mol. The number of benzene rings is 1. The molecular formula is C15H23NO2. The molecule has 3 nitrogen and oxygen atoms in total. The van der Waals surface area contributed by atoms with Crippen molar-refractivity contribution < 1.29 is 9.53 Å². The molecule has 0 saturated carbocycles. The van der Waals surface area contributed by atoms with Gasteiger partial charge in [-0.3, -0.25) is 4.79 Å². The van der Waals surface area contributed by atoms with E-state index in [4.69, 9.17) is 4.74 Å². The number of ether oxygens (including phenoxy) is 1. The molecule has 0 saturated heterocycles. The predicted molar refractivity (Wildman–Crippen MR) is 73.8 cm³/mol. The zero-order chi connectivity index (χ0) is 13.2. The zero-order valence-electron chi connectivity index (χ0n) is 11.4. The van der Waals surface area contributed by atoms with E-state index < -0.39 is 0 Å². The van der Waals surface area contributed by atoms with Crippen molar-refractivity contribution in [1.82, 2.24) is 5.32 Å². The highest BCUT2D eigenvalue weighted by atomic mass is 16.5. The van der Waals surface area contributed by atoms with Gasteiger partial charge in [-0.05, 0) is 43.6 Å². The van der Waals surface area contributed by atoms with Crippen LogP contribution in [0.25, 0.3) is 0 Å². The number of hydrogen-bond donors (Lipinski definition) is 1. The van der Waals surface area contributed by atoms with Gasteiger partial charge in [-0.2, -0.15) is 0 Å². The molecule has 18 heavy (non-hydrogen) atoms. The van der Waals surface area contributed by atoms with Crippen molar-refractivity contribution >= 4 is 5.97 Å². The number of unbranched alkanes of at least 4 members (excludes halogenated alkanes) is 1. The van der Waals surface area contributed by atoms with E-state index in [0.29, 0.717) is 12.2 Å². The van der Waals surface area contributed by atoms with Gasteiger partial charge >= 0.3 is 5.97 Å². The molecule has 100 valence electrons. The van der Waals surface area contributed by atoms with Gasteiger partial charge in [0.1, 0.15) is 5.75 Å². The summed E-state index contributed by atoms with van der Waals surface area (Å²) in [6.45, 7) is 6.06. The lowest BCUT2D eigenvalue weighted by atomic mass is 10.1. The summed E-state index contributed by atoms with van der Waals surface area (Å²) in [6, 6.07) is 7.74. The molecule has 1 aromatic carbocycles. The van der Waals surface area contributed by atoms with Crippen LogP contribution in [-0.2, 0) is 11.2 Å². The van der Waals surface area contributed by atoms with Crippen molar-refractivity contribution in [1.29, 1.82) is 0 Å². The standard InChI is InChI=1S/C15H23NO2/c1-3-5-11-16-12-10-13-6-8-14(9-7-13)18-15(17)4-2/h6-9,16H,3-5,10-12H2,1-2H3. The van der Waals surface area contributed by atoms with E-state index in [-0.39, 0.29) is 5.97 Å². The first-order chi connectivity index (χ1) is 8.76. The van der Waals surface area contributed by atoms with Crippen molar-refractivity contribution in [3.8, 4) is 5.75 Å². The van der Waals surface area contributed by atoms with Gasteiger partial charge in [0.05, 0.1) is 0 Å². The van der Waals surface area contributed by atoms with Crippen molar-refractivity contribution in [2.75, 3.05) is 13.1 Å². The molecule has 1 N–H and O–H groups in total. The minimum Gasteiger partial charge on any atom is -0.427 e. The quantitative estimate of drug-likeness (QED) is 0.437. The summed E-state index contributed by atoms with van der Waals surface area (Å²) in [5.74, 6) is 0.438. The molecule has 3 heteroatoms. The third kappa shape index (κ3) is 5.82. The van der Waals surface area contributed by atoms with E-state index in [1.165, 1.54) is 18.4 Å². The van der Waals surface area contributed by atoms with Crippen LogP contribution in [0.3, 0.4) is 0 Å². The summed E-state index contributed by atoms with van der Waals surface area (Å²) in [7, 11) is 0. The highest BCUT2D eigenvalue weighted by molar-refractivity contribution is 5.71. The molecule has 0 aliphatic carbocycles. The van der Waals surface area contributed by atoms with Gasteiger partial charge in [-0.15, -0.1) is 0 Å². The lowest BCUT2D eigenvalue weighted by Crippen LogP contribution is -2.18. The number of carbonyl (C=O) groups excluding carboxylic acids is 1. The highest BCUT2D eigenvalue weighted by Gasteiger charge is 2.01. The monoisotopic (exact) mass is 249 g/mol. The Morgan fingerprint density at radius 3 is 2.50 bits per heavy atom. The van der Waals surface area contributed by atoms with E-state index in [1.54, 1.807) is 6.92 Å². The van der Waals surface area contributed by atoms with Crippen molar-refractivity contribution in [2.24, 2.45) is 0 Å². The largest absolute Gasteiger partial charge is 0.427 e. The second-order valence-corrected chi connectivity index (χ2v) is 4.33. The van der Waals surface area contributed by atoms with Crippen LogP contribution in [0.4, 0.5) is 0 Å². The number of carbonyl (C=O) groups is 1. The Balaban J connectivity index is 2.29. The fourth-order valence-electron chi connectivity index (χ4n) is 1.59. The van der Waals surface area contributed by atoms with Crippen LogP contribution >= 0.6 is 0 Å². The fourth-order valence-corrected chi connectivity index (χ4v) is 1.59. The molecule has 0 atom stereocenters. The topological polar surface area (TPSA) is 38.3 Å². The third-order valence-corrected chi connectivity index (χ3v) is 2.74. The van der Waals surface area contributed by atoms with E-state index in [0.717, 1.165) is 19.5 Å². The molecule has 0 aliphatic rings. The van der Waals surface area contributed by atoms with Crippen LogP contribution in [0.1, 0.15) is 38.7 Å². The summed E-state index contributed by atoms with van der Waals surface area (Å²) in [5, 5.41) is 3.41. The maximum atomic E-state index is 11.1. The normalized spacial score (nSPS) is 10.3. The minimum atomic E-state index is -0.191. The molecule has 0 heterocycles. The molecular weight excluding hydrogens is 226 g/mol. The predicted octanol–water partition coefficient (Wildman–Crippen LogP) is 2.93. The summed E-state index contributed by atoms with van der Waals surface area (Å²) >= 11 is 0. The first-order valence-electron chi connectivity index (χ1n) is 6.76. The molecule has 0 aliphatic heterocycles. The van der Waals surface area contributed by atoms with Crippen LogP contribution in [0.5, 0.6) is 5.75 Å². The van der Waals surface area contributed by atoms with Gasteiger partial charge in [-0.25, -0.2) is 0 Å². The lowest BCUT2D eigenvalue weighted by Gasteiger charge is -2.06. The van der Waals surface area contributed by atoms with Crippen LogP contribution in [0.15, 0.2) is 24.3 Å². The molecule has 1 aromatic rings. The maximum absolute atomic E-state index is 11.1. The zero-order valence-corrected chi connectivity index (χ0v) is 11.4. The van der Waals surface area contributed by atoms with Gasteiger partial charge < -0.3 is 10.1 Å². The Morgan fingerprint density at radius 1 is 1.17 bits per heavy atom. The fraction of sp³-hybridized carbons (Fsp3) is 0.533. The molecule has 1 rings (SSSR count). The number of nitrogens with one attached hydrogen (secondary N) is 1. The lowest BCUT2D eigenvalue weighted by molar-refractivity contribution is -0.134. The van der Waals surface area contributed by atoms with Gasteiger partial charge in [0.25, 0.3) is 0 Å². The van der Waals surface area contributed by atoms with Crippen LogP contribution in [0, 0.1) is 0 Å². The Bertz CT molecular complexity index is 346. The van der Waals surface area contributed by atoms with Gasteiger partial charge in [0.2, 0.25) is 0 Å². The average Bonchev–Trinajstić information content (AvgIpc) is 2.40. The molecule has 0 aromatic heterocycles.